The highest BCUT2D eigenvalue weighted by atomic mass is 15.4. The molecular formula is C17H24N2. The smallest absolute Gasteiger partial charge is 0.111 e. The molecule has 102 valence electrons. The lowest BCUT2D eigenvalue weighted by Gasteiger charge is -2.57. The lowest BCUT2D eigenvalue weighted by Crippen LogP contribution is -2.60. The molecule has 0 radical (unpaired) electrons. The van der Waals surface area contributed by atoms with Crippen molar-refractivity contribution < 1.29 is 0 Å². The van der Waals surface area contributed by atoms with Gasteiger partial charge in [0.15, 0.2) is 0 Å². The van der Waals surface area contributed by atoms with Crippen LogP contribution in [-0.2, 0) is 5.41 Å². The average Bonchev–Trinajstić information content (AvgIpc) is 2.79. The van der Waals surface area contributed by atoms with Gasteiger partial charge in [0.1, 0.15) is 6.17 Å². The number of anilines is 1. The standard InChI is InChI=1S/C17H24N2/c1-6-17(4)13-9-7-8-10-14(13)19-12-11-18(5)15(19)16(17,2)3/h7-12,15H,6H2,1-5H3. The summed E-state index contributed by atoms with van der Waals surface area (Å²) < 4.78 is 0. The molecule has 2 heterocycles. The topological polar surface area (TPSA) is 6.48 Å². The van der Waals surface area contributed by atoms with E-state index in [1.165, 1.54) is 11.3 Å². The largest absolute Gasteiger partial charge is 0.358 e. The summed E-state index contributed by atoms with van der Waals surface area (Å²) >= 11 is 0. The predicted octanol–water partition coefficient (Wildman–Crippen LogP) is 3.94. The van der Waals surface area contributed by atoms with Gasteiger partial charge in [0.25, 0.3) is 0 Å². The Morgan fingerprint density at radius 3 is 2.47 bits per heavy atom. The van der Waals surface area contributed by atoms with Crippen LogP contribution in [0.15, 0.2) is 36.7 Å². The number of hydrogen-bond acceptors (Lipinski definition) is 2. The Bertz CT molecular complexity index is 532. The van der Waals surface area contributed by atoms with Gasteiger partial charge in [-0.3, -0.25) is 0 Å². The minimum absolute atomic E-state index is 0.189. The molecule has 2 nitrogen and oxygen atoms in total. The maximum absolute atomic E-state index is 2.44. The Morgan fingerprint density at radius 2 is 1.79 bits per heavy atom. The molecule has 0 saturated carbocycles. The summed E-state index contributed by atoms with van der Waals surface area (Å²) in [5, 5.41) is 0. The number of benzene rings is 1. The summed E-state index contributed by atoms with van der Waals surface area (Å²) in [6, 6.07) is 8.89. The molecule has 0 N–H and O–H groups in total. The zero-order valence-corrected chi connectivity index (χ0v) is 12.6. The van der Waals surface area contributed by atoms with Crippen LogP contribution in [0, 0.1) is 5.41 Å². The first kappa shape index (κ1) is 12.6. The number of fused-ring (bicyclic) bond motifs is 3. The molecule has 0 fully saturated rings. The van der Waals surface area contributed by atoms with Crippen molar-refractivity contribution in [2.75, 3.05) is 11.9 Å². The van der Waals surface area contributed by atoms with E-state index in [-0.39, 0.29) is 10.8 Å². The van der Waals surface area contributed by atoms with Gasteiger partial charge in [0, 0.05) is 36.0 Å². The van der Waals surface area contributed by atoms with Crippen molar-refractivity contribution in [3.63, 3.8) is 0 Å². The van der Waals surface area contributed by atoms with Crippen molar-refractivity contribution >= 4 is 5.69 Å². The Balaban J connectivity index is 2.27. The van der Waals surface area contributed by atoms with Gasteiger partial charge in [-0.15, -0.1) is 0 Å². The third-order valence-electron chi connectivity index (χ3n) is 5.66. The number of nitrogens with zero attached hydrogens (tertiary/aromatic N) is 2. The number of hydrogen-bond donors (Lipinski definition) is 0. The molecule has 1 aromatic rings. The highest BCUT2D eigenvalue weighted by Crippen LogP contribution is 2.56. The van der Waals surface area contributed by atoms with Crippen molar-refractivity contribution in [1.29, 1.82) is 0 Å². The molecule has 0 bridgehead atoms. The van der Waals surface area contributed by atoms with Crippen molar-refractivity contribution in [3.8, 4) is 0 Å². The minimum atomic E-state index is 0.189. The van der Waals surface area contributed by atoms with E-state index in [9.17, 15) is 0 Å². The van der Waals surface area contributed by atoms with Crippen molar-refractivity contribution in [1.82, 2.24) is 4.90 Å². The average molecular weight is 256 g/mol. The van der Waals surface area contributed by atoms with Gasteiger partial charge in [0.2, 0.25) is 0 Å². The van der Waals surface area contributed by atoms with Gasteiger partial charge in [-0.2, -0.15) is 0 Å². The molecule has 0 saturated heterocycles. The fourth-order valence-corrected chi connectivity index (χ4v) is 4.05. The van der Waals surface area contributed by atoms with Gasteiger partial charge in [0.05, 0.1) is 0 Å². The van der Waals surface area contributed by atoms with Crippen LogP contribution in [0.1, 0.15) is 39.7 Å². The van der Waals surface area contributed by atoms with E-state index < -0.39 is 0 Å². The molecule has 0 aliphatic carbocycles. The normalized spacial score (nSPS) is 31.3. The lowest BCUT2D eigenvalue weighted by atomic mass is 9.57. The molecule has 1 aromatic carbocycles. The summed E-state index contributed by atoms with van der Waals surface area (Å²) in [6.07, 6.45) is 5.99. The lowest BCUT2D eigenvalue weighted by molar-refractivity contribution is 0.0623. The van der Waals surface area contributed by atoms with Crippen LogP contribution in [0.2, 0.25) is 0 Å². The maximum atomic E-state index is 2.44. The Morgan fingerprint density at radius 1 is 1.11 bits per heavy atom. The molecule has 19 heavy (non-hydrogen) atoms. The fraction of sp³-hybridized carbons (Fsp3) is 0.529. The Hall–Kier alpha value is -1.44. The zero-order valence-electron chi connectivity index (χ0n) is 12.6. The summed E-state index contributed by atoms with van der Waals surface area (Å²) in [5.41, 5.74) is 3.25. The van der Waals surface area contributed by atoms with Crippen LogP contribution in [0.5, 0.6) is 0 Å². The van der Waals surface area contributed by atoms with E-state index in [4.69, 9.17) is 0 Å². The zero-order chi connectivity index (χ0) is 13.8. The monoisotopic (exact) mass is 256 g/mol. The van der Waals surface area contributed by atoms with Crippen LogP contribution in [-0.4, -0.2) is 18.1 Å². The molecule has 2 heteroatoms. The molecule has 0 amide bonds. The van der Waals surface area contributed by atoms with Crippen molar-refractivity contribution in [2.24, 2.45) is 5.41 Å². The first-order chi connectivity index (χ1) is 8.93. The maximum Gasteiger partial charge on any atom is 0.111 e. The second-order valence-electron chi connectivity index (χ2n) is 6.67. The third-order valence-corrected chi connectivity index (χ3v) is 5.66. The summed E-state index contributed by atoms with van der Waals surface area (Å²) in [6.45, 7) is 9.56. The van der Waals surface area contributed by atoms with Crippen LogP contribution in [0.3, 0.4) is 0 Å². The van der Waals surface area contributed by atoms with Gasteiger partial charge < -0.3 is 9.80 Å². The molecule has 2 aliphatic rings. The molecular weight excluding hydrogens is 232 g/mol. The van der Waals surface area contributed by atoms with Gasteiger partial charge in [-0.05, 0) is 18.1 Å². The summed E-state index contributed by atoms with van der Waals surface area (Å²) in [5.74, 6) is 0. The molecule has 0 spiro atoms. The highest BCUT2D eigenvalue weighted by Gasteiger charge is 2.55. The van der Waals surface area contributed by atoms with Crippen LogP contribution in [0.4, 0.5) is 5.69 Å². The van der Waals surface area contributed by atoms with E-state index >= 15 is 0 Å². The van der Waals surface area contributed by atoms with Crippen molar-refractivity contribution in [2.45, 2.75) is 45.7 Å². The first-order valence-electron chi connectivity index (χ1n) is 7.21. The summed E-state index contributed by atoms with van der Waals surface area (Å²) in [7, 11) is 2.19. The van der Waals surface area contributed by atoms with E-state index in [0.29, 0.717) is 6.17 Å². The second kappa shape index (κ2) is 3.78. The molecule has 2 unspecified atom stereocenters. The van der Waals surface area contributed by atoms with Gasteiger partial charge >= 0.3 is 0 Å². The van der Waals surface area contributed by atoms with Gasteiger partial charge in [-0.1, -0.05) is 45.9 Å². The van der Waals surface area contributed by atoms with E-state index in [1.807, 2.05) is 0 Å². The minimum Gasteiger partial charge on any atom is -0.358 e. The third kappa shape index (κ3) is 1.37. The number of rotatable bonds is 1. The molecule has 2 atom stereocenters. The van der Waals surface area contributed by atoms with Gasteiger partial charge in [-0.25, -0.2) is 0 Å². The first-order valence-corrected chi connectivity index (χ1v) is 7.21. The summed E-state index contributed by atoms with van der Waals surface area (Å²) in [4.78, 5) is 4.79. The van der Waals surface area contributed by atoms with Crippen LogP contribution in [0.25, 0.3) is 0 Å². The van der Waals surface area contributed by atoms with Crippen LogP contribution >= 0.6 is 0 Å². The van der Waals surface area contributed by atoms with E-state index in [0.717, 1.165) is 6.42 Å². The Labute approximate surface area is 116 Å². The Kier molecular flexibility index (Phi) is 2.51. The van der Waals surface area contributed by atoms with E-state index in [1.54, 1.807) is 0 Å². The molecule has 0 aromatic heterocycles. The number of para-hydroxylation sites is 1. The molecule has 2 aliphatic heterocycles. The SMILES string of the molecule is CCC1(C)c2ccccc2N2C=CN(C)C2C1(C)C. The molecule has 3 rings (SSSR count). The quantitative estimate of drug-likeness (QED) is 0.751. The van der Waals surface area contributed by atoms with Crippen LogP contribution < -0.4 is 4.90 Å². The highest BCUT2D eigenvalue weighted by molar-refractivity contribution is 5.64. The van der Waals surface area contributed by atoms with E-state index in [2.05, 4.69) is 81.2 Å². The second-order valence-corrected chi connectivity index (χ2v) is 6.67. The van der Waals surface area contributed by atoms with Crippen molar-refractivity contribution in [3.05, 3.63) is 42.2 Å². The predicted molar refractivity (Wildman–Crippen MR) is 81.0 cm³/mol. The fourth-order valence-electron chi connectivity index (χ4n) is 4.05.